The highest BCUT2D eigenvalue weighted by atomic mass is 32.2. The summed E-state index contributed by atoms with van der Waals surface area (Å²) in [6.07, 6.45) is 4.74. The minimum Gasteiger partial charge on any atom is -0.507 e. The van der Waals surface area contributed by atoms with Gasteiger partial charge < -0.3 is 9.84 Å². The van der Waals surface area contributed by atoms with Crippen LogP contribution in [0.3, 0.4) is 0 Å². The molecule has 4 aromatic rings. The van der Waals surface area contributed by atoms with Crippen LogP contribution in [-0.4, -0.2) is 49.8 Å². The van der Waals surface area contributed by atoms with Gasteiger partial charge in [0.05, 0.1) is 19.1 Å². The average Bonchev–Trinajstić information content (AvgIpc) is 3.29. The van der Waals surface area contributed by atoms with E-state index in [2.05, 4.69) is 25.7 Å². The van der Waals surface area contributed by atoms with E-state index in [1.807, 2.05) is 47.0 Å². The fraction of sp³-hybridized carbons (Fsp3) is 0.0870. The largest absolute Gasteiger partial charge is 0.507 e. The van der Waals surface area contributed by atoms with E-state index in [1.54, 1.807) is 24.5 Å². The number of carbonyl (C=O) groups excluding carboxylic acids is 1. The highest BCUT2D eigenvalue weighted by molar-refractivity contribution is 7.99. The van der Waals surface area contributed by atoms with Gasteiger partial charge in [-0.2, -0.15) is 5.10 Å². The van der Waals surface area contributed by atoms with Gasteiger partial charge in [-0.05, 0) is 42.5 Å². The number of para-hydroxylation sites is 1. The number of amides is 1. The summed E-state index contributed by atoms with van der Waals surface area (Å²) in [5, 5.41) is 23.0. The number of rotatable bonds is 8. The van der Waals surface area contributed by atoms with Crippen LogP contribution in [0, 0.1) is 0 Å². The lowest BCUT2D eigenvalue weighted by Gasteiger charge is -2.10. The Hall–Kier alpha value is -4.18. The van der Waals surface area contributed by atoms with E-state index in [1.165, 1.54) is 31.2 Å². The molecule has 0 bridgehead atoms. The predicted molar refractivity (Wildman–Crippen MR) is 126 cm³/mol. The van der Waals surface area contributed by atoms with E-state index < -0.39 is 0 Å². The Bertz CT molecular complexity index is 1260. The number of nitrogens with one attached hydrogen (secondary N) is 1. The van der Waals surface area contributed by atoms with Crippen molar-refractivity contribution in [2.24, 2.45) is 5.10 Å². The zero-order valence-corrected chi connectivity index (χ0v) is 18.4. The van der Waals surface area contributed by atoms with Crippen molar-refractivity contribution in [1.82, 2.24) is 25.2 Å². The molecular weight excluding hydrogens is 440 g/mol. The number of pyridine rings is 1. The van der Waals surface area contributed by atoms with Crippen LogP contribution in [-0.2, 0) is 4.79 Å². The van der Waals surface area contributed by atoms with Crippen LogP contribution >= 0.6 is 11.8 Å². The highest BCUT2D eigenvalue weighted by Crippen LogP contribution is 2.27. The summed E-state index contributed by atoms with van der Waals surface area (Å²) in [5.41, 5.74) is 4.62. The van der Waals surface area contributed by atoms with Gasteiger partial charge in [-0.25, -0.2) is 5.43 Å². The average molecular weight is 461 g/mol. The van der Waals surface area contributed by atoms with Crippen LogP contribution in [0.15, 0.2) is 83.3 Å². The molecule has 0 unspecified atom stereocenters. The topological polar surface area (TPSA) is 115 Å². The molecule has 0 saturated carbocycles. The van der Waals surface area contributed by atoms with Crippen molar-refractivity contribution in [2.75, 3.05) is 12.9 Å². The number of phenols is 1. The summed E-state index contributed by atoms with van der Waals surface area (Å²) in [6, 6.07) is 18.1. The predicted octanol–water partition coefficient (Wildman–Crippen LogP) is 3.29. The lowest BCUT2D eigenvalue weighted by Crippen LogP contribution is -2.20. The Morgan fingerprint density at radius 2 is 1.94 bits per heavy atom. The van der Waals surface area contributed by atoms with Gasteiger partial charge in [0.15, 0.2) is 11.0 Å². The van der Waals surface area contributed by atoms with Crippen molar-refractivity contribution >= 4 is 23.9 Å². The number of aromatic hydroxyl groups is 1. The van der Waals surface area contributed by atoms with Crippen molar-refractivity contribution in [1.29, 1.82) is 0 Å². The SMILES string of the molecule is COc1ccc(O)c(/C=N/NC(=O)CSc2nnc(-c3ccncc3)n2-c2ccccc2)c1. The van der Waals surface area contributed by atoms with Crippen LogP contribution in [0.1, 0.15) is 5.56 Å². The number of hydrogen-bond donors (Lipinski definition) is 2. The molecule has 2 heterocycles. The fourth-order valence-electron chi connectivity index (χ4n) is 2.96. The van der Waals surface area contributed by atoms with Crippen LogP contribution in [0.25, 0.3) is 17.1 Å². The lowest BCUT2D eigenvalue weighted by molar-refractivity contribution is -0.118. The molecule has 0 radical (unpaired) electrons. The summed E-state index contributed by atoms with van der Waals surface area (Å²) in [7, 11) is 1.53. The Kier molecular flexibility index (Phi) is 6.96. The molecule has 2 aromatic carbocycles. The quantitative estimate of drug-likeness (QED) is 0.236. The number of aromatic nitrogens is 4. The molecule has 33 heavy (non-hydrogen) atoms. The molecule has 166 valence electrons. The summed E-state index contributed by atoms with van der Waals surface area (Å²) < 4.78 is 7.02. The minimum atomic E-state index is -0.327. The van der Waals surface area contributed by atoms with Crippen LogP contribution in [0.5, 0.6) is 11.5 Å². The van der Waals surface area contributed by atoms with E-state index >= 15 is 0 Å². The van der Waals surface area contributed by atoms with Gasteiger partial charge in [-0.15, -0.1) is 10.2 Å². The lowest BCUT2D eigenvalue weighted by atomic mass is 10.2. The summed E-state index contributed by atoms with van der Waals surface area (Å²) in [4.78, 5) is 16.4. The van der Waals surface area contributed by atoms with Crippen LogP contribution in [0.4, 0.5) is 0 Å². The monoisotopic (exact) mass is 460 g/mol. The molecule has 2 N–H and O–H groups in total. The number of benzene rings is 2. The highest BCUT2D eigenvalue weighted by Gasteiger charge is 2.17. The Morgan fingerprint density at radius 1 is 1.15 bits per heavy atom. The standard InChI is InChI=1S/C23H20N6O3S/c1-32-19-7-8-20(30)17(13-19)14-25-26-21(31)15-33-23-28-27-22(16-9-11-24-12-10-16)29(23)18-5-3-2-4-6-18/h2-14,30H,15H2,1H3,(H,26,31)/b25-14+. The number of carbonyl (C=O) groups is 1. The molecule has 2 aromatic heterocycles. The smallest absolute Gasteiger partial charge is 0.250 e. The number of ether oxygens (including phenoxy) is 1. The normalized spacial score (nSPS) is 10.9. The zero-order valence-electron chi connectivity index (χ0n) is 17.6. The zero-order chi connectivity index (χ0) is 23.0. The van der Waals surface area contributed by atoms with Crippen molar-refractivity contribution in [3.63, 3.8) is 0 Å². The minimum absolute atomic E-state index is 0.0304. The van der Waals surface area contributed by atoms with Gasteiger partial charge in [0.1, 0.15) is 11.5 Å². The molecule has 10 heteroatoms. The Balaban J connectivity index is 1.47. The second kappa shape index (κ2) is 10.4. The third-order valence-electron chi connectivity index (χ3n) is 4.55. The Labute approximate surface area is 194 Å². The fourth-order valence-corrected chi connectivity index (χ4v) is 3.70. The number of phenolic OH excluding ortho intramolecular Hbond substituents is 1. The van der Waals surface area contributed by atoms with E-state index in [-0.39, 0.29) is 17.4 Å². The second-order valence-corrected chi connectivity index (χ2v) is 7.66. The maximum Gasteiger partial charge on any atom is 0.250 e. The number of thioether (sulfide) groups is 1. The van der Waals surface area contributed by atoms with E-state index in [0.29, 0.717) is 22.3 Å². The molecule has 0 aliphatic heterocycles. The van der Waals surface area contributed by atoms with E-state index in [0.717, 1.165) is 11.3 Å². The van der Waals surface area contributed by atoms with E-state index in [9.17, 15) is 9.90 Å². The van der Waals surface area contributed by atoms with Gasteiger partial charge >= 0.3 is 0 Å². The van der Waals surface area contributed by atoms with Gasteiger partial charge in [0.2, 0.25) is 0 Å². The number of methoxy groups -OCH3 is 1. The first-order valence-corrected chi connectivity index (χ1v) is 10.9. The summed E-state index contributed by atoms with van der Waals surface area (Å²) in [6.45, 7) is 0. The molecule has 0 fully saturated rings. The molecule has 0 atom stereocenters. The number of hydrazone groups is 1. The van der Waals surface area contributed by atoms with Gasteiger partial charge in [0, 0.05) is 29.2 Å². The second-order valence-electron chi connectivity index (χ2n) is 6.72. The maximum atomic E-state index is 12.3. The molecule has 0 saturated heterocycles. The number of nitrogens with zero attached hydrogens (tertiary/aromatic N) is 5. The molecule has 9 nitrogen and oxygen atoms in total. The Morgan fingerprint density at radius 3 is 2.70 bits per heavy atom. The maximum absolute atomic E-state index is 12.3. The third kappa shape index (κ3) is 5.36. The van der Waals surface area contributed by atoms with E-state index in [4.69, 9.17) is 4.74 Å². The molecule has 1 amide bonds. The van der Waals surface area contributed by atoms with Crippen molar-refractivity contribution < 1.29 is 14.6 Å². The van der Waals surface area contributed by atoms with Gasteiger partial charge in [-0.3, -0.25) is 14.3 Å². The van der Waals surface area contributed by atoms with Gasteiger partial charge in [-0.1, -0.05) is 30.0 Å². The van der Waals surface area contributed by atoms with Crippen molar-refractivity contribution in [3.05, 3.63) is 78.6 Å². The first kappa shape index (κ1) is 22.0. The molecule has 0 spiro atoms. The summed E-state index contributed by atoms with van der Waals surface area (Å²) in [5.74, 6) is 0.997. The third-order valence-corrected chi connectivity index (χ3v) is 5.48. The summed E-state index contributed by atoms with van der Waals surface area (Å²) >= 11 is 1.24. The van der Waals surface area contributed by atoms with Crippen molar-refractivity contribution in [2.45, 2.75) is 5.16 Å². The first-order valence-electron chi connectivity index (χ1n) is 9.88. The molecular formula is C23H20N6O3S. The molecule has 0 aliphatic carbocycles. The molecule has 4 rings (SSSR count). The van der Waals surface area contributed by atoms with Crippen molar-refractivity contribution in [3.8, 4) is 28.6 Å². The first-order chi connectivity index (χ1) is 16.2. The van der Waals surface area contributed by atoms with Gasteiger partial charge in [0.25, 0.3) is 5.91 Å². The van der Waals surface area contributed by atoms with Crippen LogP contribution < -0.4 is 10.2 Å². The number of hydrogen-bond acceptors (Lipinski definition) is 8. The van der Waals surface area contributed by atoms with Crippen LogP contribution in [0.2, 0.25) is 0 Å². The molecule has 0 aliphatic rings.